The molecule has 1 aromatic rings. The molecule has 0 spiro atoms. The van der Waals surface area contributed by atoms with Crippen LogP contribution in [-0.2, 0) is 0 Å². The van der Waals surface area contributed by atoms with Gasteiger partial charge in [0.05, 0.1) is 12.0 Å². The maximum atomic E-state index is 11.8. The number of hydrogen-bond donors (Lipinski definition) is 2. The molecule has 112 valence electrons. The van der Waals surface area contributed by atoms with E-state index in [2.05, 4.69) is 5.32 Å². The van der Waals surface area contributed by atoms with Gasteiger partial charge in [0.2, 0.25) is 0 Å². The molecule has 0 bridgehead atoms. The molecule has 1 atom stereocenters. The largest absolute Gasteiger partial charge is 0.490 e. The third-order valence-corrected chi connectivity index (χ3v) is 2.65. The average Bonchev–Trinajstić information content (AvgIpc) is 2.43. The number of hydrogen-bond acceptors (Lipinski definition) is 5. The molecule has 0 radical (unpaired) electrons. The number of methoxy groups -OCH3 is 1. The number of rotatable bonds is 6. The fraction of sp³-hybridized carbons (Fsp3) is 0.417. The van der Waals surface area contributed by atoms with E-state index < -0.39 is 4.92 Å². The number of halogens is 1. The first-order valence-corrected chi connectivity index (χ1v) is 5.80. The Morgan fingerprint density at radius 3 is 2.70 bits per heavy atom. The molecule has 7 nitrogen and oxygen atoms in total. The zero-order valence-electron chi connectivity index (χ0n) is 11.3. The van der Waals surface area contributed by atoms with Crippen molar-refractivity contribution in [3.63, 3.8) is 0 Å². The number of nitrogens with zero attached hydrogens (tertiary/aromatic N) is 1. The predicted octanol–water partition coefficient (Wildman–Crippen LogP) is 1.35. The highest BCUT2D eigenvalue weighted by atomic mass is 35.5. The first kappa shape index (κ1) is 18.1. The van der Waals surface area contributed by atoms with Crippen LogP contribution in [0.15, 0.2) is 18.2 Å². The van der Waals surface area contributed by atoms with Crippen molar-refractivity contribution in [2.75, 3.05) is 20.2 Å². The lowest BCUT2D eigenvalue weighted by atomic mass is 10.1. The summed E-state index contributed by atoms with van der Waals surface area (Å²) in [6, 6.07) is 4.08. The molecule has 0 fully saturated rings. The van der Waals surface area contributed by atoms with E-state index in [9.17, 15) is 14.9 Å². The van der Waals surface area contributed by atoms with E-state index in [0.717, 1.165) is 0 Å². The zero-order chi connectivity index (χ0) is 14.4. The van der Waals surface area contributed by atoms with Crippen molar-refractivity contribution < 1.29 is 14.5 Å². The number of amides is 1. The zero-order valence-corrected chi connectivity index (χ0v) is 12.1. The van der Waals surface area contributed by atoms with Gasteiger partial charge in [-0.05, 0) is 24.6 Å². The molecular formula is C12H18ClN3O4. The lowest BCUT2D eigenvalue weighted by Gasteiger charge is -2.10. The summed E-state index contributed by atoms with van der Waals surface area (Å²) in [6.07, 6.45) is 0. The highest BCUT2D eigenvalue weighted by Gasteiger charge is 2.18. The molecule has 1 rings (SSSR count). The fourth-order valence-electron chi connectivity index (χ4n) is 1.43. The van der Waals surface area contributed by atoms with E-state index in [1.807, 2.05) is 6.92 Å². The molecule has 0 aliphatic heterocycles. The van der Waals surface area contributed by atoms with E-state index in [4.69, 9.17) is 10.5 Å². The molecule has 0 aromatic heterocycles. The highest BCUT2D eigenvalue weighted by Crippen LogP contribution is 2.27. The van der Waals surface area contributed by atoms with Crippen LogP contribution in [0.4, 0.5) is 5.69 Å². The SMILES string of the molecule is COc1ccc(C(=O)NCC(C)CN)cc1[N+](=O)[O-].Cl. The van der Waals surface area contributed by atoms with Gasteiger partial charge in [-0.15, -0.1) is 12.4 Å². The molecule has 1 unspecified atom stereocenters. The van der Waals surface area contributed by atoms with Gasteiger partial charge in [0.15, 0.2) is 5.75 Å². The number of nitro groups is 1. The van der Waals surface area contributed by atoms with E-state index in [1.54, 1.807) is 0 Å². The van der Waals surface area contributed by atoms with Crippen molar-refractivity contribution in [2.24, 2.45) is 11.7 Å². The van der Waals surface area contributed by atoms with Crippen LogP contribution in [0.1, 0.15) is 17.3 Å². The summed E-state index contributed by atoms with van der Waals surface area (Å²) in [6.45, 7) is 2.79. The van der Waals surface area contributed by atoms with Gasteiger partial charge in [0.1, 0.15) is 0 Å². The van der Waals surface area contributed by atoms with Crippen LogP contribution < -0.4 is 15.8 Å². The van der Waals surface area contributed by atoms with E-state index >= 15 is 0 Å². The van der Waals surface area contributed by atoms with Crippen molar-refractivity contribution in [2.45, 2.75) is 6.92 Å². The molecule has 1 amide bonds. The van der Waals surface area contributed by atoms with Gasteiger partial charge in [0.25, 0.3) is 5.91 Å². The second-order valence-corrected chi connectivity index (χ2v) is 4.19. The maximum absolute atomic E-state index is 11.8. The first-order chi connectivity index (χ1) is 8.99. The number of benzene rings is 1. The number of nitro benzene ring substituents is 1. The van der Waals surface area contributed by atoms with Crippen LogP contribution in [0, 0.1) is 16.0 Å². The highest BCUT2D eigenvalue weighted by molar-refractivity contribution is 5.95. The van der Waals surface area contributed by atoms with Gasteiger partial charge in [-0.2, -0.15) is 0 Å². The fourth-order valence-corrected chi connectivity index (χ4v) is 1.43. The van der Waals surface area contributed by atoms with Gasteiger partial charge in [-0.1, -0.05) is 6.92 Å². The normalized spacial score (nSPS) is 11.2. The summed E-state index contributed by atoms with van der Waals surface area (Å²) in [4.78, 5) is 22.1. The van der Waals surface area contributed by atoms with Crippen LogP contribution in [0.2, 0.25) is 0 Å². The van der Waals surface area contributed by atoms with Crippen LogP contribution in [0.5, 0.6) is 5.75 Å². The lowest BCUT2D eigenvalue weighted by molar-refractivity contribution is -0.385. The average molecular weight is 304 g/mol. The number of nitrogens with two attached hydrogens (primary N) is 1. The number of ether oxygens (including phenoxy) is 1. The summed E-state index contributed by atoms with van der Waals surface area (Å²) in [7, 11) is 1.34. The lowest BCUT2D eigenvalue weighted by Crippen LogP contribution is -2.31. The number of nitrogens with one attached hydrogen (secondary N) is 1. The Hall–Kier alpha value is -1.86. The smallest absolute Gasteiger partial charge is 0.311 e. The van der Waals surface area contributed by atoms with Crippen molar-refractivity contribution in [1.82, 2.24) is 5.32 Å². The summed E-state index contributed by atoms with van der Waals surface area (Å²) < 4.78 is 4.87. The second-order valence-electron chi connectivity index (χ2n) is 4.19. The van der Waals surface area contributed by atoms with Gasteiger partial charge < -0.3 is 15.8 Å². The molecule has 20 heavy (non-hydrogen) atoms. The topological polar surface area (TPSA) is 107 Å². The molecule has 0 heterocycles. The maximum Gasteiger partial charge on any atom is 0.311 e. The molecule has 0 saturated carbocycles. The predicted molar refractivity (Wildman–Crippen MR) is 77.4 cm³/mol. The minimum Gasteiger partial charge on any atom is -0.490 e. The van der Waals surface area contributed by atoms with E-state index in [1.165, 1.54) is 25.3 Å². The Kier molecular flexibility index (Phi) is 7.56. The Bertz CT molecular complexity index is 482. The standard InChI is InChI=1S/C12H17N3O4.ClH/c1-8(6-13)7-14-12(16)9-3-4-11(19-2)10(5-9)15(17)18;/h3-5,8H,6-7,13H2,1-2H3,(H,14,16);1H. The minimum atomic E-state index is -0.585. The van der Waals surface area contributed by atoms with Gasteiger partial charge in [-0.3, -0.25) is 14.9 Å². The van der Waals surface area contributed by atoms with Crippen LogP contribution >= 0.6 is 12.4 Å². The molecular weight excluding hydrogens is 286 g/mol. The summed E-state index contributed by atoms with van der Waals surface area (Å²) in [5, 5.41) is 13.5. The first-order valence-electron chi connectivity index (χ1n) is 5.80. The van der Waals surface area contributed by atoms with Gasteiger partial charge in [-0.25, -0.2) is 0 Å². The molecule has 0 saturated heterocycles. The van der Waals surface area contributed by atoms with Crippen LogP contribution in [0.3, 0.4) is 0 Å². The number of carbonyl (C=O) groups excluding carboxylic acids is 1. The molecule has 1 aromatic carbocycles. The number of carbonyl (C=O) groups is 1. The third-order valence-electron chi connectivity index (χ3n) is 2.65. The quantitative estimate of drug-likeness (QED) is 0.609. The summed E-state index contributed by atoms with van der Waals surface area (Å²) >= 11 is 0. The van der Waals surface area contributed by atoms with Gasteiger partial charge >= 0.3 is 5.69 Å². The third kappa shape index (κ3) is 4.67. The summed E-state index contributed by atoms with van der Waals surface area (Å²) in [5.74, 6) is -0.0971. The molecule has 0 aliphatic carbocycles. The Morgan fingerprint density at radius 2 is 2.20 bits per heavy atom. The van der Waals surface area contributed by atoms with Crippen molar-refractivity contribution in [3.05, 3.63) is 33.9 Å². The monoisotopic (exact) mass is 303 g/mol. The van der Waals surface area contributed by atoms with Crippen LogP contribution in [-0.4, -0.2) is 31.0 Å². The van der Waals surface area contributed by atoms with Crippen molar-refractivity contribution >= 4 is 24.0 Å². The van der Waals surface area contributed by atoms with Crippen LogP contribution in [0.25, 0.3) is 0 Å². The molecule has 3 N–H and O–H groups in total. The molecule has 0 aliphatic rings. The van der Waals surface area contributed by atoms with Crippen molar-refractivity contribution in [3.8, 4) is 5.75 Å². The van der Waals surface area contributed by atoms with Crippen molar-refractivity contribution in [1.29, 1.82) is 0 Å². The second kappa shape index (κ2) is 8.34. The Balaban J connectivity index is 0.00000361. The minimum absolute atomic E-state index is 0. The van der Waals surface area contributed by atoms with Gasteiger partial charge in [0, 0.05) is 18.2 Å². The van der Waals surface area contributed by atoms with E-state index in [-0.39, 0.29) is 41.2 Å². The molecule has 8 heteroatoms. The Morgan fingerprint density at radius 1 is 1.55 bits per heavy atom. The Labute approximate surface area is 123 Å². The van der Waals surface area contributed by atoms with E-state index in [0.29, 0.717) is 13.1 Å². The summed E-state index contributed by atoms with van der Waals surface area (Å²) in [5.41, 5.74) is 5.43.